The SMILES string of the molecule is CCOCC(O)CNCC(=O)NCCOC. The van der Waals surface area contributed by atoms with Gasteiger partial charge >= 0.3 is 0 Å². The lowest BCUT2D eigenvalue weighted by Gasteiger charge is -2.11. The Labute approximate surface area is 96.3 Å². The number of hydrogen-bond donors (Lipinski definition) is 3. The molecule has 0 heterocycles. The van der Waals surface area contributed by atoms with E-state index in [9.17, 15) is 9.90 Å². The van der Waals surface area contributed by atoms with Crippen molar-refractivity contribution < 1.29 is 19.4 Å². The van der Waals surface area contributed by atoms with Crippen molar-refractivity contribution >= 4 is 5.91 Å². The molecule has 0 rings (SSSR count). The number of aliphatic hydroxyl groups is 1. The zero-order valence-electron chi connectivity index (χ0n) is 9.99. The van der Waals surface area contributed by atoms with Crippen molar-refractivity contribution in [2.45, 2.75) is 13.0 Å². The minimum absolute atomic E-state index is 0.111. The van der Waals surface area contributed by atoms with Gasteiger partial charge in [0.25, 0.3) is 0 Å². The van der Waals surface area contributed by atoms with Gasteiger partial charge in [0.15, 0.2) is 0 Å². The Hall–Kier alpha value is -0.690. The summed E-state index contributed by atoms with van der Waals surface area (Å²) in [4.78, 5) is 11.2. The lowest BCUT2D eigenvalue weighted by molar-refractivity contribution is -0.120. The lowest BCUT2D eigenvalue weighted by atomic mass is 10.3. The van der Waals surface area contributed by atoms with Crippen molar-refractivity contribution in [3.8, 4) is 0 Å². The number of rotatable bonds is 10. The Balaban J connectivity index is 3.32. The maximum atomic E-state index is 11.2. The third-order valence-corrected chi connectivity index (χ3v) is 1.81. The molecule has 1 unspecified atom stereocenters. The molecule has 0 saturated carbocycles. The summed E-state index contributed by atoms with van der Waals surface area (Å²) in [6.45, 7) is 4.26. The molecule has 0 radical (unpaired) electrons. The highest BCUT2D eigenvalue weighted by molar-refractivity contribution is 5.77. The minimum Gasteiger partial charge on any atom is -0.389 e. The summed E-state index contributed by atoms with van der Waals surface area (Å²) in [6.07, 6.45) is -0.577. The van der Waals surface area contributed by atoms with Crippen LogP contribution in [0.15, 0.2) is 0 Å². The fourth-order valence-corrected chi connectivity index (χ4v) is 1.02. The van der Waals surface area contributed by atoms with E-state index >= 15 is 0 Å². The van der Waals surface area contributed by atoms with Crippen molar-refractivity contribution in [3.05, 3.63) is 0 Å². The summed E-state index contributed by atoms with van der Waals surface area (Å²) in [5.41, 5.74) is 0. The van der Waals surface area contributed by atoms with Gasteiger partial charge in [0.05, 0.1) is 25.9 Å². The number of carbonyl (C=O) groups is 1. The van der Waals surface area contributed by atoms with Crippen LogP contribution in [-0.4, -0.2) is 63.7 Å². The first-order valence-electron chi connectivity index (χ1n) is 5.42. The van der Waals surface area contributed by atoms with E-state index < -0.39 is 6.10 Å². The fraction of sp³-hybridized carbons (Fsp3) is 0.900. The van der Waals surface area contributed by atoms with Crippen LogP contribution < -0.4 is 10.6 Å². The van der Waals surface area contributed by atoms with Gasteiger partial charge in [-0.15, -0.1) is 0 Å². The Morgan fingerprint density at radius 1 is 1.50 bits per heavy atom. The van der Waals surface area contributed by atoms with Crippen LogP contribution in [0, 0.1) is 0 Å². The van der Waals surface area contributed by atoms with Crippen molar-refractivity contribution in [2.24, 2.45) is 0 Å². The first-order valence-corrected chi connectivity index (χ1v) is 5.42. The quantitative estimate of drug-likeness (QED) is 0.411. The first-order chi connectivity index (χ1) is 7.70. The zero-order chi connectivity index (χ0) is 12.2. The van der Waals surface area contributed by atoms with E-state index in [1.165, 1.54) is 0 Å². The van der Waals surface area contributed by atoms with Crippen molar-refractivity contribution in [1.82, 2.24) is 10.6 Å². The smallest absolute Gasteiger partial charge is 0.234 e. The highest BCUT2D eigenvalue weighted by Gasteiger charge is 2.05. The van der Waals surface area contributed by atoms with Gasteiger partial charge in [-0.1, -0.05) is 0 Å². The summed E-state index contributed by atoms with van der Waals surface area (Å²) in [5, 5.41) is 14.9. The topological polar surface area (TPSA) is 79.8 Å². The third kappa shape index (κ3) is 9.85. The van der Waals surface area contributed by atoms with Gasteiger partial charge < -0.3 is 25.2 Å². The average molecular weight is 234 g/mol. The molecule has 0 aliphatic rings. The standard InChI is InChI=1S/C10H22N2O4/c1-3-16-8-9(13)6-11-7-10(14)12-4-5-15-2/h9,11,13H,3-8H2,1-2H3,(H,12,14). The number of methoxy groups -OCH3 is 1. The van der Waals surface area contributed by atoms with Crippen LogP contribution in [0.3, 0.4) is 0 Å². The molecule has 0 aliphatic carbocycles. The third-order valence-electron chi connectivity index (χ3n) is 1.81. The molecule has 0 aromatic heterocycles. The van der Waals surface area contributed by atoms with Crippen molar-refractivity contribution in [1.29, 1.82) is 0 Å². The molecule has 96 valence electrons. The molecule has 0 aromatic carbocycles. The van der Waals surface area contributed by atoms with Gasteiger partial charge in [-0.3, -0.25) is 4.79 Å². The van der Waals surface area contributed by atoms with E-state index in [1.807, 2.05) is 6.92 Å². The largest absolute Gasteiger partial charge is 0.389 e. The molecule has 6 nitrogen and oxygen atoms in total. The number of nitrogens with one attached hydrogen (secondary N) is 2. The molecular formula is C10H22N2O4. The number of ether oxygens (including phenoxy) is 2. The second-order valence-electron chi connectivity index (χ2n) is 3.29. The van der Waals surface area contributed by atoms with Crippen LogP contribution in [0.5, 0.6) is 0 Å². The van der Waals surface area contributed by atoms with Gasteiger partial charge in [-0.2, -0.15) is 0 Å². The zero-order valence-corrected chi connectivity index (χ0v) is 9.99. The average Bonchev–Trinajstić information content (AvgIpc) is 2.26. The lowest BCUT2D eigenvalue weighted by Crippen LogP contribution is -2.39. The molecule has 0 spiro atoms. The predicted molar refractivity (Wildman–Crippen MR) is 60.3 cm³/mol. The number of amides is 1. The molecule has 0 saturated heterocycles. The Morgan fingerprint density at radius 2 is 2.25 bits per heavy atom. The second-order valence-corrected chi connectivity index (χ2v) is 3.29. The van der Waals surface area contributed by atoms with Crippen LogP contribution in [0.25, 0.3) is 0 Å². The Kier molecular flexibility index (Phi) is 10.3. The van der Waals surface area contributed by atoms with Crippen LogP contribution in [-0.2, 0) is 14.3 Å². The van der Waals surface area contributed by atoms with E-state index in [4.69, 9.17) is 9.47 Å². The van der Waals surface area contributed by atoms with Gasteiger partial charge in [-0.05, 0) is 6.92 Å². The molecule has 16 heavy (non-hydrogen) atoms. The second kappa shape index (κ2) is 10.8. The molecule has 0 fully saturated rings. The normalized spacial score (nSPS) is 12.4. The van der Waals surface area contributed by atoms with Gasteiger partial charge in [0, 0.05) is 26.8 Å². The molecule has 0 aliphatic heterocycles. The van der Waals surface area contributed by atoms with Crippen LogP contribution in [0.4, 0.5) is 0 Å². The molecule has 6 heteroatoms. The van der Waals surface area contributed by atoms with Crippen molar-refractivity contribution in [2.75, 3.05) is 46.6 Å². The van der Waals surface area contributed by atoms with Crippen LogP contribution in [0.2, 0.25) is 0 Å². The van der Waals surface area contributed by atoms with E-state index in [2.05, 4.69) is 10.6 Å². The van der Waals surface area contributed by atoms with E-state index in [0.29, 0.717) is 26.3 Å². The summed E-state index contributed by atoms with van der Waals surface area (Å²) in [7, 11) is 1.58. The molecular weight excluding hydrogens is 212 g/mol. The molecule has 1 amide bonds. The molecule has 0 aromatic rings. The van der Waals surface area contributed by atoms with E-state index in [0.717, 1.165) is 0 Å². The summed E-state index contributed by atoms with van der Waals surface area (Å²) >= 11 is 0. The molecule has 1 atom stereocenters. The van der Waals surface area contributed by atoms with E-state index in [-0.39, 0.29) is 19.1 Å². The van der Waals surface area contributed by atoms with Gasteiger partial charge in [-0.25, -0.2) is 0 Å². The molecule has 0 bridgehead atoms. The first kappa shape index (κ1) is 15.3. The highest BCUT2D eigenvalue weighted by atomic mass is 16.5. The van der Waals surface area contributed by atoms with Crippen LogP contribution >= 0.6 is 0 Å². The highest BCUT2D eigenvalue weighted by Crippen LogP contribution is 1.82. The van der Waals surface area contributed by atoms with Crippen molar-refractivity contribution in [3.63, 3.8) is 0 Å². The van der Waals surface area contributed by atoms with E-state index in [1.54, 1.807) is 7.11 Å². The Morgan fingerprint density at radius 3 is 2.88 bits per heavy atom. The maximum Gasteiger partial charge on any atom is 0.234 e. The molecule has 3 N–H and O–H groups in total. The number of hydrogen-bond acceptors (Lipinski definition) is 5. The summed E-state index contributed by atoms with van der Waals surface area (Å²) < 4.78 is 9.81. The monoisotopic (exact) mass is 234 g/mol. The Bertz CT molecular complexity index is 178. The van der Waals surface area contributed by atoms with Gasteiger partial charge in [0.1, 0.15) is 0 Å². The number of carbonyl (C=O) groups excluding carboxylic acids is 1. The summed E-state index contributed by atoms with van der Waals surface area (Å²) in [6, 6.07) is 0. The minimum atomic E-state index is -0.577. The van der Waals surface area contributed by atoms with Gasteiger partial charge in [0.2, 0.25) is 5.91 Å². The maximum absolute atomic E-state index is 11.2. The van der Waals surface area contributed by atoms with Crippen LogP contribution in [0.1, 0.15) is 6.92 Å². The fourth-order valence-electron chi connectivity index (χ4n) is 1.02. The number of aliphatic hydroxyl groups excluding tert-OH is 1. The predicted octanol–water partition coefficient (Wildman–Crippen LogP) is -1.26. The summed E-state index contributed by atoms with van der Waals surface area (Å²) in [5.74, 6) is -0.111.